The predicted molar refractivity (Wildman–Crippen MR) is 114 cm³/mol. The Balaban J connectivity index is 1.80. The number of thioether (sulfide) groups is 1. The Labute approximate surface area is 179 Å². The average molecular weight is 432 g/mol. The number of esters is 1. The fourth-order valence-corrected chi connectivity index (χ4v) is 3.46. The summed E-state index contributed by atoms with van der Waals surface area (Å²) in [6, 6.07) is 16.9. The van der Waals surface area contributed by atoms with Gasteiger partial charge in [0, 0.05) is 5.69 Å². The number of aromatic nitrogens is 3. The van der Waals surface area contributed by atoms with Gasteiger partial charge in [-0.05, 0) is 45.0 Å². The van der Waals surface area contributed by atoms with Gasteiger partial charge < -0.3 is 9.47 Å². The molecule has 0 aliphatic carbocycles. The molecule has 0 saturated carbocycles. The molecule has 1 heterocycles. The SMILES string of the molecule is CC(C)(C)OC(=O)CSc1nnc(COc2ccccc2Cl)n1-c1ccccc1. The fraction of sp³-hybridized carbons (Fsp3) is 0.286. The highest BCUT2D eigenvalue weighted by Crippen LogP contribution is 2.26. The van der Waals surface area contributed by atoms with Crippen LogP contribution in [0.5, 0.6) is 5.75 Å². The summed E-state index contributed by atoms with van der Waals surface area (Å²) in [7, 11) is 0. The van der Waals surface area contributed by atoms with E-state index in [0.29, 0.717) is 21.8 Å². The van der Waals surface area contributed by atoms with Crippen molar-refractivity contribution in [2.24, 2.45) is 0 Å². The molecule has 6 nitrogen and oxygen atoms in total. The van der Waals surface area contributed by atoms with Gasteiger partial charge in [-0.15, -0.1) is 10.2 Å². The van der Waals surface area contributed by atoms with E-state index in [1.807, 2.05) is 67.8 Å². The van der Waals surface area contributed by atoms with Crippen LogP contribution in [-0.2, 0) is 16.1 Å². The minimum atomic E-state index is -0.529. The highest BCUT2D eigenvalue weighted by Gasteiger charge is 2.20. The summed E-state index contributed by atoms with van der Waals surface area (Å²) in [5.74, 6) is 0.995. The highest BCUT2D eigenvalue weighted by molar-refractivity contribution is 7.99. The number of nitrogens with zero attached hydrogens (tertiary/aromatic N) is 3. The first-order valence-corrected chi connectivity index (χ1v) is 10.4. The second kappa shape index (κ2) is 9.33. The van der Waals surface area contributed by atoms with E-state index in [9.17, 15) is 4.79 Å². The van der Waals surface area contributed by atoms with Gasteiger partial charge in [-0.2, -0.15) is 0 Å². The number of carbonyl (C=O) groups is 1. The molecule has 1 aromatic heterocycles. The summed E-state index contributed by atoms with van der Waals surface area (Å²) in [6.45, 7) is 5.70. The lowest BCUT2D eigenvalue weighted by Gasteiger charge is -2.19. The summed E-state index contributed by atoms with van der Waals surface area (Å²) in [5.41, 5.74) is 0.348. The molecule has 0 atom stereocenters. The number of halogens is 1. The predicted octanol–water partition coefficient (Wildman–Crippen LogP) is 4.93. The van der Waals surface area contributed by atoms with Gasteiger partial charge in [-0.3, -0.25) is 9.36 Å². The van der Waals surface area contributed by atoms with Crippen LogP contribution in [0.2, 0.25) is 5.02 Å². The second-order valence-electron chi connectivity index (χ2n) is 7.16. The number of hydrogen-bond acceptors (Lipinski definition) is 6. The van der Waals surface area contributed by atoms with Crippen molar-refractivity contribution in [3.05, 3.63) is 65.4 Å². The average Bonchev–Trinajstić information content (AvgIpc) is 3.08. The molecule has 152 valence electrons. The van der Waals surface area contributed by atoms with Crippen molar-refractivity contribution in [1.82, 2.24) is 14.8 Å². The zero-order chi connectivity index (χ0) is 20.9. The van der Waals surface area contributed by atoms with Gasteiger partial charge in [0.05, 0.1) is 10.8 Å². The van der Waals surface area contributed by atoms with Gasteiger partial charge in [0.25, 0.3) is 0 Å². The normalized spacial score (nSPS) is 11.3. The van der Waals surface area contributed by atoms with Gasteiger partial charge in [0.1, 0.15) is 18.0 Å². The van der Waals surface area contributed by atoms with Crippen LogP contribution in [0.4, 0.5) is 0 Å². The maximum absolute atomic E-state index is 12.1. The molecule has 0 bridgehead atoms. The van der Waals surface area contributed by atoms with Crippen LogP contribution in [0.15, 0.2) is 59.8 Å². The van der Waals surface area contributed by atoms with Crippen LogP contribution < -0.4 is 4.74 Å². The molecule has 0 fully saturated rings. The van der Waals surface area contributed by atoms with Crippen LogP contribution in [-0.4, -0.2) is 32.1 Å². The van der Waals surface area contributed by atoms with Crippen LogP contribution in [0.25, 0.3) is 5.69 Å². The van der Waals surface area contributed by atoms with Gasteiger partial charge in [-0.25, -0.2) is 0 Å². The zero-order valence-corrected chi connectivity index (χ0v) is 18.0. The third kappa shape index (κ3) is 5.98. The van der Waals surface area contributed by atoms with Crippen molar-refractivity contribution in [2.75, 3.05) is 5.75 Å². The molecule has 0 saturated heterocycles. The summed E-state index contributed by atoms with van der Waals surface area (Å²) in [4.78, 5) is 12.1. The van der Waals surface area contributed by atoms with E-state index in [1.165, 1.54) is 11.8 Å². The Bertz CT molecular complexity index is 971. The van der Waals surface area contributed by atoms with Crippen molar-refractivity contribution in [2.45, 2.75) is 38.1 Å². The minimum Gasteiger partial charge on any atom is -0.484 e. The summed E-state index contributed by atoms with van der Waals surface area (Å²) >= 11 is 7.44. The van der Waals surface area contributed by atoms with Crippen molar-refractivity contribution >= 4 is 29.3 Å². The van der Waals surface area contributed by atoms with E-state index in [4.69, 9.17) is 21.1 Å². The molecule has 0 radical (unpaired) electrons. The molecule has 0 amide bonds. The van der Waals surface area contributed by atoms with Crippen LogP contribution in [0, 0.1) is 0 Å². The number of hydrogen-bond donors (Lipinski definition) is 0. The number of carbonyl (C=O) groups excluding carboxylic acids is 1. The Morgan fingerprint density at radius 1 is 1.07 bits per heavy atom. The molecule has 29 heavy (non-hydrogen) atoms. The molecule has 3 aromatic rings. The molecular weight excluding hydrogens is 410 g/mol. The number of rotatable bonds is 7. The first-order valence-electron chi connectivity index (χ1n) is 9.05. The first-order chi connectivity index (χ1) is 13.8. The third-order valence-corrected chi connectivity index (χ3v) is 4.86. The van der Waals surface area contributed by atoms with E-state index < -0.39 is 5.60 Å². The summed E-state index contributed by atoms with van der Waals surface area (Å²) in [6.07, 6.45) is 0. The third-order valence-electron chi connectivity index (χ3n) is 3.65. The first kappa shape index (κ1) is 21.2. The molecule has 0 aliphatic rings. The van der Waals surface area contributed by atoms with E-state index >= 15 is 0 Å². The lowest BCUT2D eigenvalue weighted by atomic mass is 10.2. The van der Waals surface area contributed by atoms with Gasteiger partial charge in [0.15, 0.2) is 11.0 Å². The quantitative estimate of drug-likeness (QED) is 0.390. The van der Waals surface area contributed by atoms with Crippen molar-refractivity contribution in [1.29, 1.82) is 0 Å². The smallest absolute Gasteiger partial charge is 0.316 e. The van der Waals surface area contributed by atoms with E-state index in [-0.39, 0.29) is 18.3 Å². The van der Waals surface area contributed by atoms with E-state index in [0.717, 1.165) is 5.69 Å². The summed E-state index contributed by atoms with van der Waals surface area (Å²) < 4.78 is 13.1. The monoisotopic (exact) mass is 431 g/mol. The van der Waals surface area contributed by atoms with Crippen LogP contribution in [0.3, 0.4) is 0 Å². The van der Waals surface area contributed by atoms with Gasteiger partial charge >= 0.3 is 5.97 Å². The maximum Gasteiger partial charge on any atom is 0.316 e. The molecule has 8 heteroatoms. The number of benzene rings is 2. The highest BCUT2D eigenvalue weighted by atomic mass is 35.5. The second-order valence-corrected chi connectivity index (χ2v) is 8.51. The standard InChI is InChI=1S/C21H22ClN3O3S/c1-21(2,3)28-19(26)14-29-20-24-23-18(25(20)15-9-5-4-6-10-15)13-27-17-12-8-7-11-16(17)22/h4-12H,13-14H2,1-3H3. The van der Waals surface area contributed by atoms with Crippen LogP contribution in [0.1, 0.15) is 26.6 Å². The van der Waals surface area contributed by atoms with Gasteiger partial charge in [-0.1, -0.05) is 53.7 Å². The molecular formula is C21H22ClN3O3S. The van der Waals surface area contributed by atoms with E-state index in [1.54, 1.807) is 12.1 Å². The van der Waals surface area contributed by atoms with E-state index in [2.05, 4.69) is 10.2 Å². The van der Waals surface area contributed by atoms with Gasteiger partial charge in [0.2, 0.25) is 0 Å². The lowest BCUT2D eigenvalue weighted by molar-refractivity contribution is -0.151. The van der Waals surface area contributed by atoms with Crippen molar-refractivity contribution < 1.29 is 14.3 Å². The molecule has 0 N–H and O–H groups in total. The van der Waals surface area contributed by atoms with Crippen LogP contribution >= 0.6 is 23.4 Å². The Hall–Kier alpha value is -2.51. The Kier molecular flexibility index (Phi) is 6.82. The molecule has 3 rings (SSSR count). The molecule has 0 unspecified atom stereocenters. The summed E-state index contributed by atoms with van der Waals surface area (Å²) in [5, 5.41) is 9.62. The minimum absolute atomic E-state index is 0.133. The van der Waals surface area contributed by atoms with Crippen molar-refractivity contribution in [3.63, 3.8) is 0 Å². The zero-order valence-electron chi connectivity index (χ0n) is 16.5. The Morgan fingerprint density at radius 3 is 2.45 bits per heavy atom. The molecule has 2 aromatic carbocycles. The number of ether oxygens (including phenoxy) is 2. The topological polar surface area (TPSA) is 66.2 Å². The van der Waals surface area contributed by atoms with Crippen molar-refractivity contribution in [3.8, 4) is 11.4 Å². The Morgan fingerprint density at radius 2 is 1.76 bits per heavy atom. The maximum atomic E-state index is 12.1. The lowest BCUT2D eigenvalue weighted by Crippen LogP contribution is -2.25. The molecule has 0 spiro atoms. The number of para-hydroxylation sites is 2. The fourth-order valence-electron chi connectivity index (χ4n) is 2.52. The largest absolute Gasteiger partial charge is 0.484 e. The molecule has 0 aliphatic heterocycles.